The van der Waals surface area contributed by atoms with Crippen molar-refractivity contribution in [3.63, 3.8) is 0 Å². The van der Waals surface area contributed by atoms with Crippen LogP contribution in [0.3, 0.4) is 0 Å². The molecule has 3 heterocycles. The first-order chi connectivity index (χ1) is 13.0. The molecule has 1 fully saturated rings. The molecule has 0 N–H and O–H groups in total. The molecule has 2 aliphatic heterocycles. The number of nitro groups is 1. The van der Waals surface area contributed by atoms with Crippen molar-refractivity contribution in [3.8, 4) is 11.5 Å². The number of nitro benzene ring substituents is 1. The zero-order valence-corrected chi connectivity index (χ0v) is 14.6. The van der Waals surface area contributed by atoms with E-state index in [-0.39, 0.29) is 50.2 Å². The third kappa shape index (κ3) is 3.20. The quantitative estimate of drug-likeness (QED) is 0.527. The van der Waals surface area contributed by atoms with Crippen molar-refractivity contribution in [2.24, 2.45) is 0 Å². The van der Waals surface area contributed by atoms with Crippen molar-refractivity contribution < 1.29 is 32.1 Å². The molecule has 0 saturated carbocycles. The maximum absolute atomic E-state index is 13.1. The molecule has 0 aliphatic carbocycles. The summed E-state index contributed by atoms with van der Waals surface area (Å²) >= 11 is 0. The van der Waals surface area contributed by atoms with Gasteiger partial charge >= 0.3 is 0 Å². The fourth-order valence-corrected chi connectivity index (χ4v) is 4.45. The van der Waals surface area contributed by atoms with Crippen LogP contribution >= 0.6 is 0 Å². The van der Waals surface area contributed by atoms with Gasteiger partial charge in [-0.25, -0.2) is 8.42 Å². The van der Waals surface area contributed by atoms with E-state index in [0.29, 0.717) is 0 Å². The Morgan fingerprint density at radius 3 is 2.59 bits per heavy atom. The Labute approximate surface area is 152 Å². The monoisotopic (exact) mass is 398 g/mol. The van der Waals surface area contributed by atoms with Gasteiger partial charge in [0.15, 0.2) is 16.4 Å². The molecule has 0 radical (unpaired) electrons. The van der Waals surface area contributed by atoms with Crippen LogP contribution in [0.5, 0.6) is 11.5 Å². The second kappa shape index (κ2) is 6.75. The van der Waals surface area contributed by atoms with Gasteiger partial charge in [-0.15, -0.1) is 0 Å². The lowest BCUT2D eigenvalue weighted by Gasteiger charge is -2.30. The Balaban J connectivity index is 1.71. The molecular formula is C14H14N4O8S. The van der Waals surface area contributed by atoms with Gasteiger partial charge in [0.25, 0.3) is 5.69 Å². The van der Waals surface area contributed by atoms with Gasteiger partial charge in [0, 0.05) is 19.2 Å². The Kier molecular flexibility index (Phi) is 4.41. The minimum Gasteiger partial charge on any atom is -0.486 e. The van der Waals surface area contributed by atoms with Gasteiger partial charge in [0.2, 0.25) is 22.2 Å². The van der Waals surface area contributed by atoms with Gasteiger partial charge in [0.05, 0.1) is 17.6 Å². The van der Waals surface area contributed by atoms with E-state index in [0.717, 1.165) is 22.8 Å². The van der Waals surface area contributed by atoms with Crippen LogP contribution in [0.4, 0.5) is 5.69 Å². The first-order valence-corrected chi connectivity index (χ1v) is 9.37. The molecule has 0 spiro atoms. The number of hydrogen-bond acceptors (Lipinski definition) is 10. The number of morpholine rings is 1. The number of nitrogens with zero attached hydrogens (tertiary/aromatic N) is 4. The molecule has 144 valence electrons. The van der Waals surface area contributed by atoms with E-state index in [1.165, 1.54) is 0 Å². The number of ether oxygens (including phenoxy) is 3. The van der Waals surface area contributed by atoms with Crippen molar-refractivity contribution in [3.05, 3.63) is 34.5 Å². The predicted molar refractivity (Wildman–Crippen MR) is 85.8 cm³/mol. The molecule has 0 bridgehead atoms. The van der Waals surface area contributed by atoms with Gasteiger partial charge < -0.3 is 18.7 Å². The normalized spacial score (nSPS) is 20.4. The van der Waals surface area contributed by atoms with Crippen LogP contribution in [-0.4, -0.2) is 60.7 Å². The maximum atomic E-state index is 13.1. The van der Waals surface area contributed by atoms with Gasteiger partial charge in [-0.1, -0.05) is 5.16 Å². The molecule has 4 rings (SSSR count). The lowest BCUT2D eigenvalue weighted by molar-refractivity contribution is -0.388. The number of rotatable bonds is 4. The van der Waals surface area contributed by atoms with Gasteiger partial charge in [-0.2, -0.15) is 9.29 Å². The van der Waals surface area contributed by atoms with E-state index in [2.05, 4.69) is 14.7 Å². The van der Waals surface area contributed by atoms with Crippen molar-refractivity contribution in [2.45, 2.75) is 11.0 Å². The number of benzene rings is 1. The molecule has 12 nitrogen and oxygen atoms in total. The molecule has 13 heteroatoms. The van der Waals surface area contributed by atoms with Crippen molar-refractivity contribution in [1.29, 1.82) is 0 Å². The first-order valence-electron chi connectivity index (χ1n) is 7.93. The van der Waals surface area contributed by atoms with E-state index in [4.69, 9.17) is 14.2 Å². The number of aromatic nitrogens is 2. The zero-order valence-electron chi connectivity index (χ0n) is 13.8. The smallest absolute Gasteiger partial charge is 0.293 e. The standard InChI is InChI=1S/C14H14N4O8S/c19-18(20)9-5-10-11(25-4-3-24-10)6-13(9)27(21,22)17-1-2-23-12(7-17)14-15-8-26-16-14/h5-6,8,12H,1-4,7H2/t12-/m0/s1. The van der Waals surface area contributed by atoms with Crippen LogP contribution in [-0.2, 0) is 14.8 Å². The van der Waals surface area contributed by atoms with E-state index < -0.39 is 31.6 Å². The SMILES string of the molecule is O=[N+]([O-])c1cc2c(cc1S(=O)(=O)N1CCO[C@H](c3ncon3)C1)OCCO2. The molecule has 2 aliphatic rings. The molecule has 1 saturated heterocycles. The molecule has 0 unspecified atom stereocenters. The van der Waals surface area contributed by atoms with Crippen LogP contribution < -0.4 is 9.47 Å². The summed E-state index contributed by atoms with van der Waals surface area (Å²) in [6.45, 7) is 0.459. The van der Waals surface area contributed by atoms with Gasteiger partial charge in [0.1, 0.15) is 19.3 Å². The molecule has 1 aromatic carbocycles. The van der Waals surface area contributed by atoms with E-state index in [9.17, 15) is 18.5 Å². The van der Waals surface area contributed by atoms with Crippen LogP contribution in [0.1, 0.15) is 11.9 Å². The van der Waals surface area contributed by atoms with Crippen LogP contribution in [0.2, 0.25) is 0 Å². The lowest BCUT2D eigenvalue weighted by atomic mass is 10.2. The highest BCUT2D eigenvalue weighted by molar-refractivity contribution is 7.89. The Morgan fingerprint density at radius 1 is 1.19 bits per heavy atom. The molecule has 1 aromatic heterocycles. The van der Waals surface area contributed by atoms with Crippen molar-refractivity contribution in [1.82, 2.24) is 14.4 Å². The van der Waals surface area contributed by atoms with Crippen LogP contribution in [0.25, 0.3) is 0 Å². The molecule has 2 aromatic rings. The van der Waals surface area contributed by atoms with Crippen molar-refractivity contribution in [2.75, 3.05) is 32.9 Å². The third-order valence-electron chi connectivity index (χ3n) is 4.13. The topological polar surface area (TPSA) is 147 Å². The third-order valence-corrected chi connectivity index (χ3v) is 6.03. The predicted octanol–water partition coefficient (Wildman–Crippen LogP) is 0.511. The summed E-state index contributed by atoms with van der Waals surface area (Å²) < 4.78 is 48.2. The summed E-state index contributed by atoms with van der Waals surface area (Å²) in [6, 6.07) is 2.19. The second-order valence-corrected chi connectivity index (χ2v) is 7.64. The lowest BCUT2D eigenvalue weighted by Crippen LogP contribution is -2.42. The van der Waals surface area contributed by atoms with Crippen LogP contribution in [0.15, 0.2) is 27.9 Å². The summed E-state index contributed by atoms with van der Waals surface area (Å²) in [5.41, 5.74) is -0.582. The Bertz CT molecular complexity index is 962. The number of sulfonamides is 1. The van der Waals surface area contributed by atoms with Crippen molar-refractivity contribution >= 4 is 15.7 Å². The zero-order chi connectivity index (χ0) is 19.0. The highest BCUT2D eigenvalue weighted by Gasteiger charge is 2.38. The minimum absolute atomic E-state index is 0.0300. The summed E-state index contributed by atoms with van der Waals surface area (Å²) in [5.74, 6) is 0.485. The molecule has 1 atom stereocenters. The van der Waals surface area contributed by atoms with Gasteiger partial charge in [-0.3, -0.25) is 10.1 Å². The number of fused-ring (bicyclic) bond motifs is 1. The summed E-state index contributed by atoms with van der Waals surface area (Å²) in [5, 5.41) is 15.1. The van der Waals surface area contributed by atoms with E-state index >= 15 is 0 Å². The Morgan fingerprint density at radius 2 is 1.93 bits per heavy atom. The summed E-state index contributed by atoms with van der Waals surface area (Å²) in [7, 11) is -4.21. The van der Waals surface area contributed by atoms with E-state index in [1.807, 2.05) is 0 Å². The Hall–Kier alpha value is -2.77. The maximum Gasteiger partial charge on any atom is 0.293 e. The molecule has 0 amide bonds. The van der Waals surface area contributed by atoms with Crippen LogP contribution in [0, 0.1) is 10.1 Å². The summed E-state index contributed by atoms with van der Waals surface area (Å²) in [4.78, 5) is 14.1. The first kappa shape index (κ1) is 17.6. The molecule has 27 heavy (non-hydrogen) atoms. The fraction of sp³-hybridized carbons (Fsp3) is 0.429. The summed E-state index contributed by atoms with van der Waals surface area (Å²) in [6.07, 6.45) is 0.376. The largest absolute Gasteiger partial charge is 0.486 e. The average molecular weight is 398 g/mol. The number of hydrogen-bond donors (Lipinski definition) is 0. The second-order valence-electron chi connectivity index (χ2n) is 5.73. The average Bonchev–Trinajstić information content (AvgIpc) is 3.22. The molecular weight excluding hydrogens is 384 g/mol. The highest BCUT2D eigenvalue weighted by atomic mass is 32.2. The van der Waals surface area contributed by atoms with Gasteiger partial charge in [-0.05, 0) is 0 Å². The fourth-order valence-electron chi connectivity index (χ4n) is 2.87. The minimum atomic E-state index is -4.21. The highest BCUT2D eigenvalue weighted by Crippen LogP contribution is 2.40. The van der Waals surface area contributed by atoms with E-state index in [1.54, 1.807) is 0 Å².